The molecule has 0 aliphatic carbocycles. The van der Waals surface area contributed by atoms with Gasteiger partial charge in [0.25, 0.3) is 5.91 Å². The second-order valence-corrected chi connectivity index (χ2v) is 6.07. The van der Waals surface area contributed by atoms with Gasteiger partial charge in [0.05, 0.1) is 18.2 Å². The third kappa shape index (κ3) is 4.48. The summed E-state index contributed by atoms with van der Waals surface area (Å²) in [4.78, 5) is 26.3. The van der Waals surface area contributed by atoms with Crippen molar-refractivity contribution in [3.63, 3.8) is 0 Å². The molecule has 7 nitrogen and oxygen atoms in total. The van der Waals surface area contributed by atoms with E-state index in [-0.39, 0.29) is 18.5 Å². The van der Waals surface area contributed by atoms with E-state index in [9.17, 15) is 9.59 Å². The summed E-state index contributed by atoms with van der Waals surface area (Å²) in [7, 11) is 0. The Hall–Kier alpha value is -3.14. The largest absolute Gasteiger partial charge is 0.452 e. The SMILES string of the molecule is Cc1cc(C)cc(N(CCC#N)C(=O)COC(=O)c2c(C)noc2C)c1. The highest BCUT2D eigenvalue weighted by atomic mass is 16.5. The number of rotatable bonds is 6. The lowest BCUT2D eigenvalue weighted by Crippen LogP contribution is -2.35. The molecule has 1 aromatic heterocycles. The number of ether oxygens (including phenoxy) is 1. The predicted molar refractivity (Wildman–Crippen MR) is 94.8 cm³/mol. The van der Waals surface area contributed by atoms with E-state index in [0.29, 0.717) is 17.1 Å². The number of benzene rings is 1. The van der Waals surface area contributed by atoms with Crippen molar-refractivity contribution < 1.29 is 18.8 Å². The fourth-order valence-corrected chi connectivity index (χ4v) is 2.72. The van der Waals surface area contributed by atoms with E-state index in [1.54, 1.807) is 13.8 Å². The van der Waals surface area contributed by atoms with E-state index in [2.05, 4.69) is 5.16 Å². The van der Waals surface area contributed by atoms with Crippen LogP contribution in [-0.2, 0) is 9.53 Å². The summed E-state index contributed by atoms with van der Waals surface area (Å²) < 4.78 is 10.1. The van der Waals surface area contributed by atoms with E-state index in [1.807, 2.05) is 38.1 Å². The molecule has 136 valence electrons. The third-order valence-electron chi connectivity index (χ3n) is 3.83. The third-order valence-corrected chi connectivity index (χ3v) is 3.83. The van der Waals surface area contributed by atoms with Crippen LogP contribution in [0.15, 0.2) is 22.7 Å². The summed E-state index contributed by atoms with van der Waals surface area (Å²) in [6.45, 7) is 6.89. The van der Waals surface area contributed by atoms with Crippen molar-refractivity contribution in [3.05, 3.63) is 46.3 Å². The summed E-state index contributed by atoms with van der Waals surface area (Å²) in [5.41, 5.74) is 3.32. The van der Waals surface area contributed by atoms with Crippen LogP contribution in [0.5, 0.6) is 0 Å². The minimum atomic E-state index is -0.657. The van der Waals surface area contributed by atoms with E-state index in [0.717, 1.165) is 11.1 Å². The quantitative estimate of drug-likeness (QED) is 0.739. The van der Waals surface area contributed by atoms with Crippen LogP contribution >= 0.6 is 0 Å². The minimum absolute atomic E-state index is 0.177. The van der Waals surface area contributed by atoms with E-state index < -0.39 is 18.5 Å². The number of amides is 1. The van der Waals surface area contributed by atoms with Crippen molar-refractivity contribution in [1.29, 1.82) is 5.26 Å². The van der Waals surface area contributed by atoms with Crippen LogP contribution in [0.3, 0.4) is 0 Å². The Morgan fingerprint density at radius 1 is 1.19 bits per heavy atom. The topological polar surface area (TPSA) is 96.4 Å². The van der Waals surface area contributed by atoms with Crippen LogP contribution in [-0.4, -0.2) is 30.2 Å². The molecule has 1 amide bonds. The van der Waals surface area contributed by atoms with Gasteiger partial charge in [-0.05, 0) is 51.0 Å². The molecule has 1 heterocycles. The van der Waals surface area contributed by atoms with Gasteiger partial charge in [0.1, 0.15) is 11.3 Å². The summed E-state index contributed by atoms with van der Waals surface area (Å²) in [6, 6.07) is 7.74. The number of hydrogen-bond acceptors (Lipinski definition) is 6. The summed E-state index contributed by atoms with van der Waals surface area (Å²) in [6.07, 6.45) is 0.177. The van der Waals surface area contributed by atoms with Crippen molar-refractivity contribution >= 4 is 17.6 Å². The average molecular weight is 355 g/mol. The maximum atomic E-state index is 12.6. The number of hydrogen-bond donors (Lipinski definition) is 0. The molecule has 7 heteroatoms. The number of nitriles is 1. The molecule has 0 unspecified atom stereocenters. The molecule has 0 saturated heterocycles. The lowest BCUT2D eigenvalue weighted by molar-refractivity contribution is -0.121. The molecule has 0 aliphatic rings. The zero-order valence-electron chi connectivity index (χ0n) is 15.3. The van der Waals surface area contributed by atoms with Gasteiger partial charge >= 0.3 is 5.97 Å². The first-order valence-electron chi connectivity index (χ1n) is 8.19. The molecule has 26 heavy (non-hydrogen) atoms. The van der Waals surface area contributed by atoms with Gasteiger partial charge in [-0.3, -0.25) is 4.79 Å². The monoisotopic (exact) mass is 355 g/mol. The Kier molecular flexibility index (Phi) is 6.12. The molecule has 0 spiro atoms. The van der Waals surface area contributed by atoms with Crippen LogP contribution in [0.25, 0.3) is 0 Å². The minimum Gasteiger partial charge on any atom is -0.452 e. The first kappa shape index (κ1) is 19.2. The van der Waals surface area contributed by atoms with Gasteiger partial charge in [-0.15, -0.1) is 0 Å². The number of esters is 1. The van der Waals surface area contributed by atoms with Gasteiger partial charge in [-0.2, -0.15) is 5.26 Å². The summed E-state index contributed by atoms with van der Waals surface area (Å²) in [5, 5.41) is 12.6. The molecule has 0 fully saturated rings. The van der Waals surface area contributed by atoms with Crippen LogP contribution in [0.1, 0.15) is 39.4 Å². The Morgan fingerprint density at radius 2 is 1.85 bits per heavy atom. The second-order valence-electron chi connectivity index (χ2n) is 6.07. The maximum absolute atomic E-state index is 12.6. The van der Waals surface area contributed by atoms with Crippen LogP contribution in [0.4, 0.5) is 5.69 Å². The molecule has 0 saturated carbocycles. The summed E-state index contributed by atoms with van der Waals surface area (Å²) in [5.74, 6) is -0.712. The highest BCUT2D eigenvalue weighted by molar-refractivity contribution is 5.97. The Labute approximate surface area is 152 Å². The molecule has 0 radical (unpaired) electrons. The van der Waals surface area contributed by atoms with Gasteiger partial charge in [0.15, 0.2) is 6.61 Å². The van der Waals surface area contributed by atoms with Crippen molar-refractivity contribution in [2.45, 2.75) is 34.1 Å². The molecule has 2 aromatic rings. The standard InChI is InChI=1S/C19H21N3O4/c1-12-8-13(2)10-16(9-12)22(7-5-6-20)17(23)11-25-19(24)18-14(3)21-26-15(18)4/h8-10H,5,7,11H2,1-4H3. The van der Waals surface area contributed by atoms with Crippen LogP contribution in [0.2, 0.25) is 0 Å². The van der Waals surface area contributed by atoms with Crippen LogP contribution < -0.4 is 4.90 Å². The van der Waals surface area contributed by atoms with E-state index in [4.69, 9.17) is 14.5 Å². The number of anilines is 1. The van der Waals surface area contributed by atoms with Gasteiger partial charge in [-0.1, -0.05) is 11.2 Å². The second kappa shape index (κ2) is 8.30. The molecular weight excluding hydrogens is 334 g/mol. The molecular formula is C19H21N3O4. The smallest absolute Gasteiger partial charge is 0.344 e. The number of carbonyl (C=O) groups excluding carboxylic acids is 2. The molecule has 1 aromatic carbocycles. The molecule has 0 atom stereocenters. The number of aryl methyl sites for hydroxylation is 4. The Morgan fingerprint density at radius 3 is 2.38 bits per heavy atom. The zero-order chi connectivity index (χ0) is 19.3. The highest BCUT2D eigenvalue weighted by Crippen LogP contribution is 2.20. The number of nitrogens with zero attached hydrogens (tertiary/aromatic N) is 3. The number of carbonyl (C=O) groups is 2. The van der Waals surface area contributed by atoms with E-state index >= 15 is 0 Å². The lowest BCUT2D eigenvalue weighted by Gasteiger charge is -2.22. The van der Waals surface area contributed by atoms with Gasteiger partial charge in [0.2, 0.25) is 0 Å². The van der Waals surface area contributed by atoms with Crippen molar-refractivity contribution in [2.24, 2.45) is 0 Å². The molecule has 2 rings (SSSR count). The van der Waals surface area contributed by atoms with Gasteiger partial charge in [0, 0.05) is 12.2 Å². The van der Waals surface area contributed by atoms with E-state index in [1.165, 1.54) is 4.90 Å². The van der Waals surface area contributed by atoms with Crippen LogP contribution in [0, 0.1) is 39.0 Å². The maximum Gasteiger partial charge on any atom is 0.344 e. The zero-order valence-corrected chi connectivity index (χ0v) is 15.3. The Balaban J connectivity index is 2.14. The highest BCUT2D eigenvalue weighted by Gasteiger charge is 2.22. The molecule has 0 aliphatic heterocycles. The molecule has 0 N–H and O–H groups in total. The Bertz CT molecular complexity index is 824. The average Bonchev–Trinajstić information content (AvgIpc) is 2.91. The van der Waals surface area contributed by atoms with Gasteiger partial charge in [-0.25, -0.2) is 4.79 Å². The number of aromatic nitrogens is 1. The fraction of sp³-hybridized carbons (Fsp3) is 0.368. The van der Waals surface area contributed by atoms with Gasteiger partial charge < -0.3 is 14.2 Å². The summed E-state index contributed by atoms with van der Waals surface area (Å²) >= 11 is 0. The molecule has 0 bridgehead atoms. The fourth-order valence-electron chi connectivity index (χ4n) is 2.72. The first-order valence-corrected chi connectivity index (χ1v) is 8.19. The van der Waals surface area contributed by atoms with Crippen molar-refractivity contribution in [2.75, 3.05) is 18.1 Å². The predicted octanol–water partition coefficient (Wildman–Crippen LogP) is 3.01. The normalized spacial score (nSPS) is 10.3. The van der Waals surface area contributed by atoms with Crippen molar-refractivity contribution in [3.8, 4) is 6.07 Å². The lowest BCUT2D eigenvalue weighted by atomic mass is 10.1. The first-order chi connectivity index (χ1) is 12.3. The van der Waals surface area contributed by atoms with Crippen molar-refractivity contribution in [1.82, 2.24) is 5.16 Å².